The van der Waals surface area contributed by atoms with Gasteiger partial charge in [-0.1, -0.05) is 40.6 Å². The first-order chi connectivity index (χ1) is 13.9. The molecule has 1 aromatic carbocycles. The summed E-state index contributed by atoms with van der Waals surface area (Å²) in [5.74, 6) is 0.386. The number of hydrogen-bond donors (Lipinski definition) is 1. The molecule has 4 rings (SSSR count). The number of esters is 1. The summed E-state index contributed by atoms with van der Waals surface area (Å²) in [6.45, 7) is 3.14. The minimum absolute atomic E-state index is 0.0664. The number of hydrogen-bond acceptors (Lipinski definition) is 7. The lowest BCUT2D eigenvalue weighted by atomic mass is 9.94. The molecule has 1 aliphatic rings. The normalized spacial score (nSPS) is 17.0. The third-order valence-electron chi connectivity index (χ3n) is 5.24. The van der Waals surface area contributed by atoms with Gasteiger partial charge in [0.25, 0.3) is 0 Å². The minimum atomic E-state index is -0.253. The Bertz CT molecular complexity index is 1060. The molecule has 0 radical (unpaired) electrons. The van der Waals surface area contributed by atoms with Gasteiger partial charge in [-0.25, -0.2) is 4.98 Å². The molecule has 3 aromatic rings. The molecule has 1 atom stereocenters. The molecular weight excluding hydrogens is 435 g/mol. The second kappa shape index (κ2) is 8.10. The molecule has 0 spiro atoms. The van der Waals surface area contributed by atoms with Crippen LogP contribution in [0.15, 0.2) is 18.2 Å². The molecular formula is C19H20Cl2N4O3S. The Morgan fingerprint density at radius 1 is 1.31 bits per heavy atom. The van der Waals surface area contributed by atoms with E-state index in [9.17, 15) is 9.90 Å². The van der Waals surface area contributed by atoms with Crippen LogP contribution in [-0.4, -0.2) is 50.8 Å². The minimum Gasteiger partial charge on any atom is -0.492 e. The average Bonchev–Trinajstić information content (AvgIpc) is 3.22. The van der Waals surface area contributed by atoms with E-state index in [0.29, 0.717) is 46.8 Å². The first kappa shape index (κ1) is 20.4. The summed E-state index contributed by atoms with van der Waals surface area (Å²) in [6, 6.07) is 5.23. The fourth-order valence-electron chi connectivity index (χ4n) is 3.80. The van der Waals surface area contributed by atoms with Crippen molar-refractivity contribution in [2.24, 2.45) is 5.92 Å². The quantitative estimate of drug-likeness (QED) is 0.598. The van der Waals surface area contributed by atoms with E-state index in [4.69, 9.17) is 27.9 Å². The highest BCUT2D eigenvalue weighted by Crippen LogP contribution is 2.42. The zero-order chi connectivity index (χ0) is 20.7. The Morgan fingerprint density at radius 3 is 2.66 bits per heavy atom. The number of rotatable bonds is 4. The van der Waals surface area contributed by atoms with Crippen LogP contribution in [0, 0.1) is 12.8 Å². The zero-order valence-corrected chi connectivity index (χ0v) is 18.3. The van der Waals surface area contributed by atoms with Gasteiger partial charge in [0.1, 0.15) is 5.82 Å². The van der Waals surface area contributed by atoms with Gasteiger partial charge in [0, 0.05) is 0 Å². The van der Waals surface area contributed by atoms with Gasteiger partial charge in [0.2, 0.25) is 10.8 Å². The second-order valence-electron chi connectivity index (χ2n) is 7.05. The summed E-state index contributed by atoms with van der Waals surface area (Å²) < 4.78 is 6.36. The largest absolute Gasteiger partial charge is 0.492 e. The smallest absolute Gasteiger partial charge is 0.308 e. The van der Waals surface area contributed by atoms with Crippen LogP contribution in [0.25, 0.3) is 4.96 Å². The number of aryl methyl sites for hydroxylation is 1. The molecule has 1 N–H and O–H groups in total. The number of benzene rings is 1. The van der Waals surface area contributed by atoms with Crippen molar-refractivity contribution < 1.29 is 14.6 Å². The van der Waals surface area contributed by atoms with Gasteiger partial charge in [-0.15, -0.1) is 5.10 Å². The lowest BCUT2D eigenvalue weighted by molar-refractivity contribution is -0.147. The van der Waals surface area contributed by atoms with Crippen LogP contribution in [0.3, 0.4) is 0 Å². The maximum absolute atomic E-state index is 11.9. The van der Waals surface area contributed by atoms with E-state index in [1.54, 1.807) is 13.0 Å². The maximum Gasteiger partial charge on any atom is 0.308 e. The second-order valence-corrected chi connectivity index (χ2v) is 8.88. The van der Waals surface area contributed by atoms with Crippen LogP contribution in [0.4, 0.5) is 0 Å². The summed E-state index contributed by atoms with van der Waals surface area (Å²) in [5.41, 5.74) is 0.910. The molecule has 0 aliphatic carbocycles. The fourth-order valence-corrected chi connectivity index (χ4v) is 5.27. The van der Waals surface area contributed by atoms with Crippen LogP contribution < -0.4 is 0 Å². The Labute approximate surface area is 181 Å². The summed E-state index contributed by atoms with van der Waals surface area (Å²) in [4.78, 5) is 19.9. The van der Waals surface area contributed by atoms with Gasteiger partial charge < -0.3 is 9.84 Å². The molecule has 1 saturated heterocycles. The lowest BCUT2D eigenvalue weighted by Gasteiger charge is -2.36. The van der Waals surface area contributed by atoms with Crippen molar-refractivity contribution in [1.82, 2.24) is 19.5 Å². The molecule has 7 nitrogen and oxygen atoms in total. The number of fused-ring (bicyclic) bond motifs is 1. The van der Waals surface area contributed by atoms with Crippen LogP contribution in [-0.2, 0) is 9.53 Å². The van der Waals surface area contributed by atoms with Crippen LogP contribution in [0.5, 0.6) is 5.88 Å². The van der Waals surface area contributed by atoms with Crippen molar-refractivity contribution in [3.8, 4) is 5.88 Å². The van der Waals surface area contributed by atoms with Crippen molar-refractivity contribution in [3.63, 3.8) is 0 Å². The van der Waals surface area contributed by atoms with Gasteiger partial charge in [0.15, 0.2) is 0 Å². The topological polar surface area (TPSA) is 80.0 Å². The number of ether oxygens (including phenoxy) is 1. The Balaban J connectivity index is 1.73. The number of aromatic hydroxyl groups is 1. The van der Waals surface area contributed by atoms with E-state index in [1.165, 1.54) is 23.0 Å². The van der Waals surface area contributed by atoms with E-state index in [2.05, 4.69) is 15.0 Å². The molecule has 10 heteroatoms. The van der Waals surface area contributed by atoms with Crippen molar-refractivity contribution in [2.45, 2.75) is 25.8 Å². The Morgan fingerprint density at radius 2 is 2.03 bits per heavy atom. The van der Waals surface area contributed by atoms with E-state index < -0.39 is 0 Å². The van der Waals surface area contributed by atoms with Crippen molar-refractivity contribution in [3.05, 3.63) is 44.5 Å². The van der Waals surface area contributed by atoms with E-state index in [1.807, 2.05) is 12.1 Å². The van der Waals surface area contributed by atoms with Gasteiger partial charge >= 0.3 is 5.97 Å². The molecule has 0 saturated carbocycles. The number of thiazole rings is 1. The molecule has 154 valence electrons. The average molecular weight is 455 g/mol. The first-order valence-corrected chi connectivity index (χ1v) is 10.8. The predicted molar refractivity (Wildman–Crippen MR) is 112 cm³/mol. The number of piperidine rings is 1. The Kier molecular flexibility index (Phi) is 5.70. The molecule has 1 fully saturated rings. The maximum atomic E-state index is 11.9. The third kappa shape index (κ3) is 3.82. The molecule has 3 heterocycles. The van der Waals surface area contributed by atoms with Crippen molar-refractivity contribution in [1.29, 1.82) is 0 Å². The number of carbonyl (C=O) groups is 1. The van der Waals surface area contributed by atoms with Gasteiger partial charge in [-0.05, 0) is 50.6 Å². The first-order valence-electron chi connectivity index (χ1n) is 9.21. The predicted octanol–water partition coefficient (Wildman–Crippen LogP) is 4.09. The summed E-state index contributed by atoms with van der Waals surface area (Å²) in [7, 11) is 1.42. The van der Waals surface area contributed by atoms with Crippen molar-refractivity contribution in [2.75, 3.05) is 20.2 Å². The molecule has 0 unspecified atom stereocenters. The Hall–Kier alpha value is -1.87. The number of carbonyl (C=O) groups excluding carboxylic acids is 1. The molecule has 0 bridgehead atoms. The van der Waals surface area contributed by atoms with Crippen molar-refractivity contribution >= 4 is 45.5 Å². The summed E-state index contributed by atoms with van der Waals surface area (Å²) in [5, 5.41) is 16.1. The van der Waals surface area contributed by atoms with Gasteiger partial charge in [0.05, 0.1) is 34.0 Å². The van der Waals surface area contributed by atoms with E-state index in [-0.39, 0.29) is 23.8 Å². The number of nitrogens with zero attached hydrogens (tertiary/aromatic N) is 4. The number of aromatic nitrogens is 3. The lowest BCUT2D eigenvalue weighted by Crippen LogP contribution is -2.39. The highest BCUT2D eigenvalue weighted by atomic mass is 35.5. The molecule has 0 amide bonds. The third-order valence-corrected chi connectivity index (χ3v) is 7.05. The number of likely N-dealkylation sites (tertiary alicyclic amines) is 1. The number of methoxy groups -OCH3 is 1. The van der Waals surface area contributed by atoms with Crippen LogP contribution in [0.2, 0.25) is 10.0 Å². The number of halogens is 2. The summed E-state index contributed by atoms with van der Waals surface area (Å²) in [6.07, 6.45) is 1.37. The molecule has 29 heavy (non-hydrogen) atoms. The van der Waals surface area contributed by atoms with Gasteiger partial charge in [-0.2, -0.15) is 4.52 Å². The van der Waals surface area contributed by atoms with E-state index in [0.717, 1.165) is 10.4 Å². The fraction of sp³-hybridized carbons (Fsp3) is 0.421. The highest BCUT2D eigenvalue weighted by Gasteiger charge is 2.34. The molecule has 2 aromatic heterocycles. The van der Waals surface area contributed by atoms with Crippen LogP contribution in [0.1, 0.15) is 35.1 Å². The van der Waals surface area contributed by atoms with Crippen LogP contribution >= 0.6 is 34.5 Å². The monoisotopic (exact) mass is 454 g/mol. The summed E-state index contributed by atoms with van der Waals surface area (Å²) >= 11 is 13.8. The van der Waals surface area contributed by atoms with Gasteiger partial charge in [-0.3, -0.25) is 9.69 Å². The SMILES string of the molecule is COC(=O)C1CCN([C@H](c2ccc(Cl)c(Cl)c2)c2sc3nc(C)nn3c2O)CC1. The highest BCUT2D eigenvalue weighted by molar-refractivity contribution is 7.17. The molecule has 1 aliphatic heterocycles. The van der Waals surface area contributed by atoms with E-state index >= 15 is 0 Å². The zero-order valence-electron chi connectivity index (χ0n) is 15.9. The standard InChI is InChI=1S/C19H20Cl2N4O3S/c1-10-22-19-25(23-10)17(26)16(29-19)15(12-3-4-13(20)14(21)9-12)24-7-5-11(6-8-24)18(27)28-2/h3-4,9,11,15,26H,5-8H2,1-2H3/t15-/m1/s1.